The van der Waals surface area contributed by atoms with E-state index in [4.69, 9.17) is 6.42 Å². The van der Waals surface area contributed by atoms with Crippen LogP contribution in [-0.4, -0.2) is 5.11 Å². The van der Waals surface area contributed by atoms with Gasteiger partial charge in [0.1, 0.15) is 0 Å². The van der Waals surface area contributed by atoms with Gasteiger partial charge in [0.25, 0.3) is 0 Å². The van der Waals surface area contributed by atoms with Crippen LogP contribution < -0.4 is 0 Å². The first kappa shape index (κ1) is 9.79. The van der Waals surface area contributed by atoms with Crippen LogP contribution in [0.2, 0.25) is 0 Å². The summed E-state index contributed by atoms with van der Waals surface area (Å²) in [4.78, 5) is 2.10. The Balaban J connectivity index is 2.83. The molecule has 0 saturated carbocycles. The summed E-state index contributed by atoms with van der Waals surface area (Å²) < 4.78 is 1.04. The number of rotatable bonds is 2. The van der Waals surface area contributed by atoms with E-state index in [1.165, 1.54) is 4.88 Å². The van der Waals surface area contributed by atoms with E-state index in [0.717, 1.165) is 9.35 Å². The molecule has 1 heterocycles. The van der Waals surface area contributed by atoms with Gasteiger partial charge < -0.3 is 5.11 Å². The zero-order chi connectivity index (χ0) is 9.14. The maximum Gasteiger partial charge on any atom is 0.0991 e. The molecule has 0 spiro atoms. The molecule has 1 rings (SSSR count). The summed E-state index contributed by atoms with van der Waals surface area (Å²) in [6.45, 7) is 2.00. The number of thiophene rings is 1. The topological polar surface area (TPSA) is 20.2 Å². The molecule has 0 aliphatic rings. The molecule has 0 radical (unpaired) electrons. The van der Waals surface area contributed by atoms with Gasteiger partial charge in [0.05, 0.1) is 6.10 Å². The minimum atomic E-state index is -0.509. The fourth-order valence-corrected chi connectivity index (χ4v) is 2.41. The molecule has 0 fully saturated rings. The SMILES string of the molecule is C#CCC(O)c1cc(Br)c(C)s1. The van der Waals surface area contributed by atoms with Crippen molar-refractivity contribution in [3.8, 4) is 12.3 Å². The molecule has 3 heteroatoms. The zero-order valence-corrected chi connectivity index (χ0v) is 9.08. The normalized spacial score (nSPS) is 12.5. The Morgan fingerprint density at radius 3 is 2.92 bits per heavy atom. The molecule has 12 heavy (non-hydrogen) atoms. The van der Waals surface area contributed by atoms with Gasteiger partial charge in [-0.15, -0.1) is 23.7 Å². The Morgan fingerprint density at radius 2 is 2.50 bits per heavy atom. The molecule has 0 aliphatic carbocycles. The number of halogens is 1. The zero-order valence-electron chi connectivity index (χ0n) is 6.67. The molecule has 1 aromatic rings. The van der Waals surface area contributed by atoms with Gasteiger partial charge in [0.2, 0.25) is 0 Å². The van der Waals surface area contributed by atoms with Crippen LogP contribution in [-0.2, 0) is 0 Å². The highest BCUT2D eigenvalue weighted by Crippen LogP contribution is 2.31. The van der Waals surface area contributed by atoms with Crippen molar-refractivity contribution in [3.05, 3.63) is 20.3 Å². The lowest BCUT2D eigenvalue weighted by Crippen LogP contribution is -1.90. The summed E-state index contributed by atoms with van der Waals surface area (Å²) >= 11 is 4.95. The molecular weight excluding hydrogens is 236 g/mol. The van der Waals surface area contributed by atoms with Crippen LogP contribution in [0.25, 0.3) is 0 Å². The van der Waals surface area contributed by atoms with Gasteiger partial charge in [0.15, 0.2) is 0 Å². The second-order valence-electron chi connectivity index (χ2n) is 2.48. The van der Waals surface area contributed by atoms with Crippen LogP contribution in [0, 0.1) is 19.3 Å². The third-order valence-electron chi connectivity index (χ3n) is 1.52. The van der Waals surface area contributed by atoms with Gasteiger partial charge in [-0.1, -0.05) is 0 Å². The predicted octanol–water partition coefficient (Wildman–Crippen LogP) is 2.88. The molecule has 1 atom stereocenters. The fourth-order valence-electron chi connectivity index (χ4n) is 0.858. The van der Waals surface area contributed by atoms with Crippen LogP contribution in [0.3, 0.4) is 0 Å². The van der Waals surface area contributed by atoms with Gasteiger partial charge in [-0.05, 0) is 28.9 Å². The number of hydrogen-bond acceptors (Lipinski definition) is 2. The second kappa shape index (κ2) is 4.08. The smallest absolute Gasteiger partial charge is 0.0991 e. The van der Waals surface area contributed by atoms with Gasteiger partial charge in [-0.25, -0.2) is 0 Å². The van der Waals surface area contributed by atoms with Crippen molar-refractivity contribution >= 4 is 27.3 Å². The lowest BCUT2D eigenvalue weighted by Gasteiger charge is -2.01. The summed E-state index contributed by atoms with van der Waals surface area (Å²) in [6.07, 6.45) is 4.97. The van der Waals surface area contributed by atoms with E-state index in [9.17, 15) is 5.11 Å². The van der Waals surface area contributed by atoms with Crippen LogP contribution in [0.15, 0.2) is 10.5 Å². The van der Waals surface area contributed by atoms with E-state index in [0.29, 0.717) is 6.42 Å². The number of aryl methyl sites for hydroxylation is 1. The lowest BCUT2D eigenvalue weighted by molar-refractivity contribution is 0.188. The van der Waals surface area contributed by atoms with Gasteiger partial charge in [0, 0.05) is 20.6 Å². The molecule has 1 nitrogen and oxygen atoms in total. The van der Waals surface area contributed by atoms with Gasteiger partial charge >= 0.3 is 0 Å². The van der Waals surface area contributed by atoms with E-state index < -0.39 is 6.10 Å². The molecule has 0 saturated heterocycles. The molecule has 0 aliphatic heterocycles. The second-order valence-corrected chi connectivity index (χ2v) is 4.62. The maximum absolute atomic E-state index is 9.51. The molecular formula is C9H9BrOS. The van der Waals surface area contributed by atoms with Crippen LogP contribution >= 0.6 is 27.3 Å². The first-order chi connectivity index (χ1) is 5.65. The van der Waals surface area contributed by atoms with Crippen LogP contribution in [0.4, 0.5) is 0 Å². The van der Waals surface area contributed by atoms with Crippen molar-refractivity contribution in [2.24, 2.45) is 0 Å². The standard InChI is InChI=1S/C9H9BrOS/c1-3-4-8(11)9-5-7(10)6(2)12-9/h1,5,8,11H,4H2,2H3. The monoisotopic (exact) mass is 244 g/mol. The number of terminal acetylenes is 1. The molecule has 64 valence electrons. The predicted molar refractivity (Wildman–Crippen MR) is 55.2 cm³/mol. The Hall–Kier alpha value is -0.300. The number of aliphatic hydroxyl groups is 1. The van der Waals surface area contributed by atoms with Crippen molar-refractivity contribution in [2.75, 3.05) is 0 Å². The summed E-state index contributed by atoms with van der Waals surface area (Å²) in [7, 11) is 0. The third kappa shape index (κ3) is 2.10. The Bertz CT molecular complexity index is 291. The molecule has 0 amide bonds. The van der Waals surface area contributed by atoms with Crippen molar-refractivity contribution in [3.63, 3.8) is 0 Å². The summed E-state index contributed by atoms with van der Waals surface area (Å²) in [6, 6.07) is 1.92. The quantitative estimate of drug-likeness (QED) is 0.794. The van der Waals surface area contributed by atoms with Gasteiger partial charge in [-0.2, -0.15) is 0 Å². The van der Waals surface area contributed by atoms with Crippen molar-refractivity contribution in [1.82, 2.24) is 0 Å². The summed E-state index contributed by atoms with van der Waals surface area (Å²) in [5.41, 5.74) is 0. The Kier molecular flexibility index (Phi) is 3.33. The van der Waals surface area contributed by atoms with Crippen molar-refractivity contribution in [2.45, 2.75) is 19.4 Å². The average Bonchev–Trinajstić information content (AvgIpc) is 2.33. The first-order valence-corrected chi connectivity index (χ1v) is 5.13. The molecule has 1 unspecified atom stereocenters. The van der Waals surface area contributed by atoms with E-state index in [1.807, 2.05) is 13.0 Å². The fraction of sp³-hybridized carbons (Fsp3) is 0.333. The first-order valence-electron chi connectivity index (χ1n) is 3.52. The average molecular weight is 245 g/mol. The number of aliphatic hydroxyl groups excluding tert-OH is 1. The molecule has 1 aromatic heterocycles. The largest absolute Gasteiger partial charge is 0.387 e. The lowest BCUT2D eigenvalue weighted by atomic mass is 10.2. The number of hydrogen-bond donors (Lipinski definition) is 1. The Morgan fingerprint density at radius 1 is 1.83 bits per heavy atom. The van der Waals surface area contributed by atoms with E-state index in [1.54, 1.807) is 11.3 Å². The summed E-state index contributed by atoms with van der Waals surface area (Å²) in [5, 5.41) is 9.51. The minimum absolute atomic E-state index is 0.381. The van der Waals surface area contributed by atoms with E-state index in [-0.39, 0.29) is 0 Å². The molecule has 0 bridgehead atoms. The van der Waals surface area contributed by atoms with Crippen LogP contribution in [0.1, 0.15) is 22.3 Å². The van der Waals surface area contributed by atoms with Crippen molar-refractivity contribution in [1.29, 1.82) is 0 Å². The molecule has 0 aromatic carbocycles. The van der Waals surface area contributed by atoms with Crippen molar-refractivity contribution < 1.29 is 5.11 Å². The van der Waals surface area contributed by atoms with Gasteiger partial charge in [-0.3, -0.25) is 0 Å². The van der Waals surface area contributed by atoms with Crippen LogP contribution in [0.5, 0.6) is 0 Å². The summed E-state index contributed by atoms with van der Waals surface area (Å²) in [5.74, 6) is 2.44. The highest BCUT2D eigenvalue weighted by molar-refractivity contribution is 9.10. The molecule has 1 N–H and O–H groups in total. The highest BCUT2D eigenvalue weighted by Gasteiger charge is 2.10. The minimum Gasteiger partial charge on any atom is -0.387 e. The van der Waals surface area contributed by atoms with E-state index in [2.05, 4.69) is 21.9 Å². The third-order valence-corrected chi connectivity index (χ3v) is 3.75. The maximum atomic E-state index is 9.51. The van der Waals surface area contributed by atoms with E-state index >= 15 is 0 Å². The highest BCUT2D eigenvalue weighted by atomic mass is 79.9. The Labute approximate surface area is 84.6 Å².